The van der Waals surface area contributed by atoms with Crippen LogP contribution < -0.4 is 0 Å². The lowest BCUT2D eigenvalue weighted by Gasteiger charge is -2.12. The SMILES string of the molecule is c1ccc(C2CN3CC[35S]C3=N2)cc1. The van der Waals surface area contributed by atoms with Crippen molar-refractivity contribution in [2.24, 2.45) is 4.99 Å². The van der Waals surface area contributed by atoms with Crippen molar-refractivity contribution >= 4 is 16.9 Å². The van der Waals surface area contributed by atoms with Crippen LogP contribution in [0.25, 0.3) is 0 Å². The zero-order chi connectivity index (χ0) is 9.38. The topological polar surface area (TPSA) is 15.6 Å². The number of fused-ring (bicyclic) bond motifs is 1. The van der Waals surface area contributed by atoms with Gasteiger partial charge in [-0.25, -0.2) is 0 Å². The predicted molar refractivity (Wildman–Crippen MR) is 60.6 cm³/mol. The molecular formula is C11H12N2S. The molecule has 1 unspecified atom stereocenters. The molecule has 1 atom stereocenters. The number of aliphatic imine (C=N–C) groups is 1. The summed E-state index contributed by atoms with van der Waals surface area (Å²) in [5.41, 5.74) is 1.34. The second kappa shape index (κ2) is 3.31. The zero-order valence-electron chi connectivity index (χ0n) is 7.89. The van der Waals surface area contributed by atoms with Crippen LogP contribution in [0.3, 0.4) is 0 Å². The van der Waals surface area contributed by atoms with E-state index in [1.165, 1.54) is 23.0 Å². The lowest BCUT2D eigenvalue weighted by molar-refractivity contribution is 0.464. The Morgan fingerprint density at radius 2 is 2.14 bits per heavy atom. The molecule has 0 N–H and O–H groups in total. The number of nitrogens with zero attached hydrogens (tertiary/aromatic N) is 2. The van der Waals surface area contributed by atoms with Crippen LogP contribution in [0.4, 0.5) is 0 Å². The Kier molecular flexibility index (Phi) is 1.98. The van der Waals surface area contributed by atoms with Gasteiger partial charge in [0.25, 0.3) is 0 Å². The zero-order valence-corrected chi connectivity index (χ0v) is 8.70. The Hall–Kier alpha value is -0.960. The molecule has 72 valence electrons. The van der Waals surface area contributed by atoms with E-state index < -0.39 is 0 Å². The highest BCUT2D eigenvalue weighted by Crippen LogP contribution is 2.31. The van der Waals surface area contributed by atoms with Gasteiger partial charge < -0.3 is 4.90 Å². The highest BCUT2D eigenvalue weighted by molar-refractivity contribution is 8.14. The Balaban J connectivity index is 1.87. The van der Waals surface area contributed by atoms with Crippen molar-refractivity contribution in [1.29, 1.82) is 0 Å². The lowest BCUT2D eigenvalue weighted by Crippen LogP contribution is -2.21. The molecule has 1 aromatic rings. The molecule has 3 heteroatoms. The standard InChI is InChI=1S/C11H12N2S/c1-2-4-9(5-3-1)10-8-13-6-7-14-11(13)12-10/h1-5,10H,6-8H2/i14+3. The third kappa shape index (κ3) is 1.32. The average Bonchev–Trinajstić information content (AvgIpc) is 2.78. The van der Waals surface area contributed by atoms with Crippen molar-refractivity contribution in [3.05, 3.63) is 35.9 Å². The van der Waals surface area contributed by atoms with Crippen LogP contribution in [-0.2, 0) is 0 Å². The summed E-state index contributed by atoms with van der Waals surface area (Å²) in [6, 6.07) is 10.9. The van der Waals surface area contributed by atoms with E-state index >= 15 is 0 Å². The van der Waals surface area contributed by atoms with Gasteiger partial charge >= 0.3 is 0 Å². The summed E-state index contributed by atoms with van der Waals surface area (Å²) < 4.78 is 0. The largest absolute Gasteiger partial charge is 0.348 e. The quantitative estimate of drug-likeness (QED) is 0.701. The minimum Gasteiger partial charge on any atom is -0.348 e. The first-order valence-corrected chi connectivity index (χ1v) is 5.92. The van der Waals surface area contributed by atoms with Crippen LogP contribution in [0.1, 0.15) is 11.6 Å². The number of rotatable bonds is 1. The van der Waals surface area contributed by atoms with Gasteiger partial charge in [0.1, 0.15) is 0 Å². The number of thioether (sulfide) groups is 1. The number of hydrogen-bond donors (Lipinski definition) is 0. The number of benzene rings is 1. The van der Waals surface area contributed by atoms with E-state index in [-0.39, 0.29) is 0 Å². The molecule has 2 nitrogen and oxygen atoms in total. The van der Waals surface area contributed by atoms with Crippen LogP contribution in [0.15, 0.2) is 35.3 Å². The van der Waals surface area contributed by atoms with Crippen LogP contribution in [0, 0.1) is 0 Å². The Labute approximate surface area is 88.0 Å². The van der Waals surface area contributed by atoms with Crippen LogP contribution in [-0.4, -0.2) is 28.9 Å². The van der Waals surface area contributed by atoms with Crippen molar-refractivity contribution < 1.29 is 0 Å². The molecule has 2 aliphatic heterocycles. The molecule has 0 saturated carbocycles. The molecule has 14 heavy (non-hydrogen) atoms. The second-order valence-corrected chi connectivity index (χ2v) is 4.69. The van der Waals surface area contributed by atoms with Crippen LogP contribution in [0.5, 0.6) is 0 Å². The smallest absolute Gasteiger partial charge is 0.160 e. The van der Waals surface area contributed by atoms with Gasteiger partial charge in [0.05, 0.1) is 6.04 Å². The molecule has 3 rings (SSSR count). The molecule has 1 fully saturated rings. The summed E-state index contributed by atoms with van der Waals surface area (Å²) in [5.74, 6) is 1.21. The summed E-state index contributed by atoms with van der Waals surface area (Å²) in [4.78, 5) is 7.12. The van der Waals surface area contributed by atoms with E-state index in [1.807, 2.05) is 11.8 Å². The maximum Gasteiger partial charge on any atom is 0.160 e. The van der Waals surface area contributed by atoms with E-state index in [9.17, 15) is 0 Å². The Bertz CT molecular complexity index is 361. The molecule has 0 aliphatic carbocycles. The van der Waals surface area contributed by atoms with Crippen molar-refractivity contribution in [1.82, 2.24) is 4.90 Å². The predicted octanol–water partition coefficient (Wildman–Crippen LogP) is 2.15. The second-order valence-electron chi connectivity index (χ2n) is 3.63. The molecule has 2 heterocycles. The first kappa shape index (κ1) is 8.36. The number of amidine groups is 1. The Morgan fingerprint density at radius 3 is 2.93 bits per heavy atom. The van der Waals surface area contributed by atoms with Crippen molar-refractivity contribution in [3.8, 4) is 0 Å². The Morgan fingerprint density at radius 1 is 1.29 bits per heavy atom. The minimum atomic E-state index is 0.374. The molecular weight excluding hydrogens is 195 g/mol. The summed E-state index contributed by atoms with van der Waals surface area (Å²) in [6.07, 6.45) is 0. The molecule has 1 saturated heterocycles. The maximum atomic E-state index is 4.73. The third-order valence-corrected chi connectivity index (χ3v) is 3.72. The van der Waals surface area contributed by atoms with Crippen molar-refractivity contribution in [3.63, 3.8) is 0 Å². The molecule has 0 radical (unpaired) electrons. The molecule has 0 bridgehead atoms. The summed E-state index contributed by atoms with van der Waals surface area (Å²) in [6.45, 7) is 2.25. The molecule has 0 spiro atoms. The van der Waals surface area contributed by atoms with E-state index in [0.29, 0.717) is 6.04 Å². The van der Waals surface area contributed by atoms with Gasteiger partial charge in [0, 0.05) is 18.8 Å². The van der Waals surface area contributed by atoms with E-state index in [2.05, 4.69) is 35.2 Å². The lowest BCUT2D eigenvalue weighted by atomic mass is 10.1. The van der Waals surface area contributed by atoms with Gasteiger partial charge in [-0.3, -0.25) is 4.99 Å². The fourth-order valence-corrected chi connectivity index (χ4v) is 3.00. The van der Waals surface area contributed by atoms with Gasteiger partial charge in [0.2, 0.25) is 0 Å². The summed E-state index contributed by atoms with van der Waals surface area (Å²) in [7, 11) is 0. The maximum absolute atomic E-state index is 4.73. The summed E-state index contributed by atoms with van der Waals surface area (Å²) >= 11 is 1.89. The minimum absolute atomic E-state index is 0.374. The molecule has 1 aromatic carbocycles. The highest BCUT2D eigenvalue weighted by Gasteiger charge is 2.29. The molecule has 0 aromatic heterocycles. The van der Waals surface area contributed by atoms with Crippen LogP contribution >= 0.6 is 11.8 Å². The van der Waals surface area contributed by atoms with E-state index in [4.69, 9.17) is 4.99 Å². The average molecular weight is 207 g/mol. The number of hydrogen-bond acceptors (Lipinski definition) is 3. The monoisotopic (exact) mass is 207 g/mol. The van der Waals surface area contributed by atoms with E-state index in [1.54, 1.807) is 0 Å². The van der Waals surface area contributed by atoms with Gasteiger partial charge in [-0.2, -0.15) is 0 Å². The van der Waals surface area contributed by atoms with Gasteiger partial charge in [-0.15, -0.1) is 0 Å². The normalized spacial score (nSPS) is 25.0. The summed E-state index contributed by atoms with van der Waals surface area (Å²) in [5, 5.41) is 1.25. The molecule has 0 amide bonds. The third-order valence-electron chi connectivity index (χ3n) is 2.71. The first-order valence-electron chi connectivity index (χ1n) is 4.94. The van der Waals surface area contributed by atoms with Gasteiger partial charge in [0.15, 0.2) is 5.17 Å². The van der Waals surface area contributed by atoms with Crippen molar-refractivity contribution in [2.75, 3.05) is 18.8 Å². The fraction of sp³-hybridized carbons (Fsp3) is 0.364. The fourth-order valence-electron chi connectivity index (χ4n) is 1.96. The van der Waals surface area contributed by atoms with Crippen molar-refractivity contribution in [2.45, 2.75) is 6.04 Å². The first-order chi connectivity index (χ1) is 6.93. The van der Waals surface area contributed by atoms with Gasteiger partial charge in [-0.1, -0.05) is 42.1 Å². The van der Waals surface area contributed by atoms with Gasteiger partial charge in [-0.05, 0) is 5.56 Å². The van der Waals surface area contributed by atoms with Crippen LogP contribution in [0.2, 0.25) is 0 Å². The molecule has 2 aliphatic rings. The highest BCUT2D eigenvalue weighted by atomic mass is 35.1. The van der Waals surface area contributed by atoms with E-state index in [0.717, 1.165) is 6.54 Å².